The van der Waals surface area contributed by atoms with E-state index in [0.29, 0.717) is 5.69 Å². The first kappa shape index (κ1) is 20.5. The van der Waals surface area contributed by atoms with Gasteiger partial charge in [0.05, 0.1) is 11.1 Å². The number of hydrogen-bond acceptors (Lipinski definition) is 3. The largest absolute Gasteiger partial charge is 0.452 e. The molecule has 144 valence electrons. The molecule has 0 unspecified atom stereocenters. The van der Waals surface area contributed by atoms with Crippen LogP contribution in [-0.4, -0.2) is 18.5 Å². The second-order valence-electron chi connectivity index (χ2n) is 5.86. The number of hydrogen-bond donors (Lipinski definition) is 1. The summed E-state index contributed by atoms with van der Waals surface area (Å²) in [4.78, 5) is 24.1. The second kappa shape index (κ2) is 8.70. The molecule has 0 fully saturated rings. The van der Waals surface area contributed by atoms with Crippen LogP contribution in [0.25, 0.3) is 0 Å². The maximum atomic E-state index is 12.5. The van der Waals surface area contributed by atoms with E-state index < -0.39 is 30.2 Å². The van der Waals surface area contributed by atoms with Crippen molar-refractivity contribution in [2.24, 2.45) is 0 Å². The molecule has 2 aromatic rings. The molecule has 0 heterocycles. The summed E-state index contributed by atoms with van der Waals surface area (Å²) in [5, 5.41) is 2.75. The second-order valence-corrected chi connectivity index (χ2v) is 5.86. The van der Waals surface area contributed by atoms with Crippen LogP contribution in [0.15, 0.2) is 42.5 Å². The van der Waals surface area contributed by atoms with Crippen LogP contribution in [0.5, 0.6) is 0 Å². The molecule has 0 aliphatic carbocycles. The number of alkyl halides is 3. The number of ether oxygens (including phenoxy) is 1. The van der Waals surface area contributed by atoms with Crippen molar-refractivity contribution in [3.63, 3.8) is 0 Å². The average molecular weight is 379 g/mol. The first-order valence-corrected chi connectivity index (χ1v) is 8.51. The molecule has 27 heavy (non-hydrogen) atoms. The van der Waals surface area contributed by atoms with E-state index >= 15 is 0 Å². The number of benzene rings is 2. The van der Waals surface area contributed by atoms with Gasteiger partial charge >= 0.3 is 12.1 Å². The lowest BCUT2D eigenvalue weighted by molar-refractivity contribution is -0.137. The summed E-state index contributed by atoms with van der Waals surface area (Å²) in [5.74, 6) is -1.37. The topological polar surface area (TPSA) is 55.4 Å². The van der Waals surface area contributed by atoms with E-state index in [4.69, 9.17) is 4.74 Å². The maximum absolute atomic E-state index is 12.5. The summed E-state index contributed by atoms with van der Waals surface area (Å²) in [6.07, 6.45) is -3.02. The Morgan fingerprint density at radius 2 is 1.52 bits per heavy atom. The Balaban J connectivity index is 1.99. The van der Waals surface area contributed by atoms with E-state index in [1.54, 1.807) is 0 Å². The van der Waals surface area contributed by atoms with Gasteiger partial charge in [-0.1, -0.05) is 32.0 Å². The van der Waals surface area contributed by atoms with Gasteiger partial charge in [-0.3, -0.25) is 4.79 Å². The number of carbonyl (C=O) groups is 2. The molecule has 0 spiro atoms. The SMILES string of the molecule is CCc1cccc(CC)c1NC(=O)COC(=O)c1ccc(C(F)(F)F)cc1. The number of nitrogens with one attached hydrogen (secondary N) is 1. The van der Waals surface area contributed by atoms with Crippen molar-refractivity contribution in [2.75, 3.05) is 11.9 Å². The number of rotatable bonds is 6. The van der Waals surface area contributed by atoms with Crippen molar-refractivity contribution in [1.82, 2.24) is 0 Å². The van der Waals surface area contributed by atoms with Crippen molar-refractivity contribution in [3.8, 4) is 0 Å². The van der Waals surface area contributed by atoms with E-state index in [9.17, 15) is 22.8 Å². The molecule has 0 saturated carbocycles. The van der Waals surface area contributed by atoms with Gasteiger partial charge in [0, 0.05) is 5.69 Å². The lowest BCUT2D eigenvalue weighted by Gasteiger charge is -2.14. The predicted molar refractivity (Wildman–Crippen MR) is 95.6 cm³/mol. The molecule has 2 rings (SSSR count). The summed E-state index contributed by atoms with van der Waals surface area (Å²) < 4.78 is 42.5. The lowest BCUT2D eigenvalue weighted by Crippen LogP contribution is -2.22. The molecule has 4 nitrogen and oxygen atoms in total. The third kappa shape index (κ3) is 5.32. The van der Waals surface area contributed by atoms with Crippen molar-refractivity contribution in [2.45, 2.75) is 32.9 Å². The zero-order chi connectivity index (χ0) is 20.0. The van der Waals surface area contributed by atoms with Gasteiger partial charge in [-0.15, -0.1) is 0 Å². The maximum Gasteiger partial charge on any atom is 0.416 e. The number of para-hydroxylation sites is 1. The number of halogens is 3. The number of aryl methyl sites for hydroxylation is 2. The molecule has 0 radical (unpaired) electrons. The molecule has 1 N–H and O–H groups in total. The average Bonchev–Trinajstić information content (AvgIpc) is 2.65. The summed E-state index contributed by atoms with van der Waals surface area (Å²) in [5.41, 5.74) is 1.73. The van der Waals surface area contributed by atoms with E-state index in [0.717, 1.165) is 48.2 Å². The molecule has 0 aliphatic rings. The fourth-order valence-corrected chi connectivity index (χ4v) is 2.59. The minimum Gasteiger partial charge on any atom is -0.452 e. The van der Waals surface area contributed by atoms with Gasteiger partial charge in [-0.25, -0.2) is 4.79 Å². The normalized spacial score (nSPS) is 11.1. The summed E-state index contributed by atoms with van der Waals surface area (Å²) >= 11 is 0. The zero-order valence-corrected chi connectivity index (χ0v) is 15.0. The first-order valence-electron chi connectivity index (χ1n) is 8.51. The number of amides is 1. The van der Waals surface area contributed by atoms with Crippen molar-refractivity contribution in [1.29, 1.82) is 0 Å². The Labute approximate surface area is 155 Å². The highest BCUT2D eigenvalue weighted by atomic mass is 19.4. The Hall–Kier alpha value is -2.83. The Kier molecular flexibility index (Phi) is 6.60. The van der Waals surface area contributed by atoms with Gasteiger partial charge in [0.2, 0.25) is 0 Å². The van der Waals surface area contributed by atoms with Crippen LogP contribution >= 0.6 is 0 Å². The van der Waals surface area contributed by atoms with Gasteiger partial charge in [0.1, 0.15) is 0 Å². The third-order valence-corrected chi connectivity index (χ3v) is 4.05. The Morgan fingerprint density at radius 3 is 2.00 bits per heavy atom. The van der Waals surface area contributed by atoms with Crippen molar-refractivity contribution < 1.29 is 27.5 Å². The molecule has 2 aromatic carbocycles. The fourth-order valence-electron chi connectivity index (χ4n) is 2.59. The fraction of sp³-hybridized carbons (Fsp3) is 0.300. The molecule has 0 aromatic heterocycles. The minimum atomic E-state index is -4.48. The Bertz CT molecular complexity index is 792. The molecule has 7 heteroatoms. The number of anilines is 1. The summed E-state index contributed by atoms with van der Waals surface area (Å²) in [7, 11) is 0. The molecule has 0 aliphatic heterocycles. The monoisotopic (exact) mass is 379 g/mol. The summed E-state index contributed by atoms with van der Waals surface area (Å²) in [6, 6.07) is 9.35. The number of carbonyl (C=O) groups excluding carboxylic acids is 2. The van der Waals surface area contributed by atoms with Gasteiger partial charge in [0.15, 0.2) is 6.61 Å². The minimum absolute atomic E-state index is 0.0565. The lowest BCUT2D eigenvalue weighted by atomic mass is 10.0. The van der Waals surface area contributed by atoms with Crippen LogP contribution in [0.4, 0.5) is 18.9 Å². The molecule has 0 bridgehead atoms. The van der Waals surface area contributed by atoms with Crippen LogP contribution < -0.4 is 5.32 Å². The highest BCUT2D eigenvalue weighted by Crippen LogP contribution is 2.29. The van der Waals surface area contributed by atoms with E-state index in [-0.39, 0.29) is 5.56 Å². The van der Waals surface area contributed by atoms with E-state index in [1.165, 1.54) is 0 Å². The standard InChI is InChI=1S/C20H20F3NO3/c1-3-13-6-5-7-14(4-2)18(13)24-17(25)12-27-19(26)15-8-10-16(11-9-15)20(21,22)23/h5-11H,3-4,12H2,1-2H3,(H,24,25). The highest BCUT2D eigenvalue weighted by Gasteiger charge is 2.30. The highest BCUT2D eigenvalue weighted by molar-refractivity contribution is 5.96. The zero-order valence-electron chi connectivity index (χ0n) is 15.0. The predicted octanol–water partition coefficient (Wildman–Crippen LogP) is 4.63. The van der Waals surface area contributed by atoms with Gasteiger partial charge in [-0.05, 0) is 48.2 Å². The molecule has 1 amide bonds. The van der Waals surface area contributed by atoms with Crippen LogP contribution in [-0.2, 0) is 28.5 Å². The van der Waals surface area contributed by atoms with Gasteiger partial charge in [0.25, 0.3) is 5.91 Å². The van der Waals surface area contributed by atoms with Gasteiger partial charge in [-0.2, -0.15) is 13.2 Å². The first-order chi connectivity index (χ1) is 12.8. The van der Waals surface area contributed by atoms with Gasteiger partial charge < -0.3 is 10.1 Å². The van der Waals surface area contributed by atoms with Crippen molar-refractivity contribution >= 4 is 17.6 Å². The van der Waals surface area contributed by atoms with Crippen LogP contribution in [0.2, 0.25) is 0 Å². The molecular formula is C20H20F3NO3. The molecule has 0 atom stereocenters. The van der Waals surface area contributed by atoms with E-state index in [1.807, 2.05) is 32.0 Å². The smallest absolute Gasteiger partial charge is 0.416 e. The van der Waals surface area contributed by atoms with E-state index in [2.05, 4.69) is 5.32 Å². The quantitative estimate of drug-likeness (QED) is 0.745. The Morgan fingerprint density at radius 1 is 0.963 bits per heavy atom. The van der Waals surface area contributed by atoms with Crippen LogP contribution in [0, 0.1) is 0 Å². The van der Waals surface area contributed by atoms with Crippen molar-refractivity contribution in [3.05, 3.63) is 64.7 Å². The third-order valence-electron chi connectivity index (χ3n) is 4.05. The summed E-state index contributed by atoms with van der Waals surface area (Å²) in [6.45, 7) is 3.41. The molecule has 0 saturated heterocycles. The number of esters is 1. The van der Waals surface area contributed by atoms with Crippen LogP contribution in [0.3, 0.4) is 0 Å². The van der Waals surface area contributed by atoms with Crippen LogP contribution in [0.1, 0.15) is 40.9 Å². The molecular weight excluding hydrogens is 359 g/mol.